The monoisotopic (exact) mass is 400 g/mol. The fourth-order valence-corrected chi connectivity index (χ4v) is 4.08. The Morgan fingerprint density at radius 3 is 2.48 bits per heavy atom. The number of hydrogen-bond acceptors (Lipinski definition) is 3. The Balaban J connectivity index is 1.50. The van der Waals surface area contributed by atoms with E-state index in [1.165, 1.54) is 5.56 Å². The molecule has 1 aliphatic rings. The fourth-order valence-electron chi connectivity index (χ4n) is 3.81. The summed E-state index contributed by atoms with van der Waals surface area (Å²) in [5.41, 5.74) is 2.91. The van der Waals surface area contributed by atoms with Gasteiger partial charge in [0, 0.05) is 29.6 Å². The van der Waals surface area contributed by atoms with Crippen LogP contribution in [0.25, 0.3) is 11.1 Å². The lowest BCUT2D eigenvalue weighted by Gasteiger charge is -2.36. The molecule has 2 heterocycles. The molecular weight excluding hydrogens is 380 g/mol. The molecule has 4 rings (SSSR count). The molecule has 25 heavy (non-hydrogen) atoms. The molecule has 1 fully saturated rings. The number of likely N-dealkylation sites (tertiary alicyclic amines) is 1. The highest BCUT2D eigenvalue weighted by molar-refractivity contribution is 9.10. The van der Waals surface area contributed by atoms with Crippen molar-refractivity contribution in [2.45, 2.75) is 31.8 Å². The maximum atomic E-state index is 12.3. The average molecular weight is 401 g/mol. The van der Waals surface area contributed by atoms with Gasteiger partial charge in [-0.1, -0.05) is 40.2 Å². The van der Waals surface area contributed by atoms with Gasteiger partial charge in [-0.05, 0) is 49.6 Å². The van der Waals surface area contributed by atoms with Crippen molar-refractivity contribution in [1.82, 2.24) is 9.47 Å². The summed E-state index contributed by atoms with van der Waals surface area (Å²) in [5.74, 6) is -0.236. The zero-order chi connectivity index (χ0) is 17.4. The predicted molar refractivity (Wildman–Crippen MR) is 103 cm³/mol. The Kier molecular flexibility index (Phi) is 4.52. The molecule has 0 spiro atoms. The van der Waals surface area contributed by atoms with Gasteiger partial charge in [-0.2, -0.15) is 0 Å². The SMILES string of the molecule is CC(c1ccc(Br)cc1)N1CCC(n2c(=O)oc3ccccc32)CC1. The first-order chi connectivity index (χ1) is 12.1. The minimum absolute atomic E-state index is 0.213. The summed E-state index contributed by atoms with van der Waals surface area (Å²) in [5, 5.41) is 0. The molecule has 0 bridgehead atoms. The van der Waals surface area contributed by atoms with Crippen LogP contribution >= 0.6 is 15.9 Å². The molecule has 0 aliphatic carbocycles. The van der Waals surface area contributed by atoms with E-state index in [-0.39, 0.29) is 11.8 Å². The molecule has 1 atom stereocenters. The lowest BCUT2D eigenvalue weighted by atomic mass is 10.00. The minimum atomic E-state index is -0.236. The maximum Gasteiger partial charge on any atom is 0.420 e. The Bertz CT molecular complexity index is 921. The molecule has 130 valence electrons. The second-order valence-corrected chi connectivity index (χ2v) is 7.62. The standard InChI is InChI=1S/C20H21BrN2O2/c1-14(15-6-8-16(21)9-7-15)22-12-10-17(11-13-22)23-18-4-2-3-5-19(18)25-20(23)24/h2-9,14,17H,10-13H2,1H3. The van der Waals surface area contributed by atoms with Gasteiger partial charge in [0.05, 0.1) is 5.52 Å². The average Bonchev–Trinajstić information content (AvgIpc) is 2.97. The van der Waals surface area contributed by atoms with Gasteiger partial charge in [0.2, 0.25) is 0 Å². The highest BCUT2D eigenvalue weighted by Gasteiger charge is 2.27. The van der Waals surface area contributed by atoms with Crippen LogP contribution in [0.4, 0.5) is 0 Å². The van der Waals surface area contributed by atoms with E-state index in [4.69, 9.17) is 4.42 Å². The molecule has 0 amide bonds. The molecule has 0 radical (unpaired) electrons. The third kappa shape index (κ3) is 3.18. The number of halogens is 1. The number of hydrogen-bond donors (Lipinski definition) is 0. The smallest absolute Gasteiger partial charge is 0.408 e. The van der Waals surface area contributed by atoms with Crippen molar-refractivity contribution in [3.63, 3.8) is 0 Å². The van der Waals surface area contributed by atoms with E-state index in [9.17, 15) is 4.79 Å². The van der Waals surface area contributed by atoms with Crippen LogP contribution in [0, 0.1) is 0 Å². The van der Waals surface area contributed by atoms with E-state index in [2.05, 4.69) is 52.0 Å². The van der Waals surface area contributed by atoms with Crippen molar-refractivity contribution in [3.05, 3.63) is 69.1 Å². The van der Waals surface area contributed by atoms with Crippen molar-refractivity contribution in [2.24, 2.45) is 0 Å². The Morgan fingerprint density at radius 2 is 1.76 bits per heavy atom. The van der Waals surface area contributed by atoms with Gasteiger partial charge in [0.1, 0.15) is 0 Å². The number of fused-ring (bicyclic) bond motifs is 1. The van der Waals surface area contributed by atoms with Crippen molar-refractivity contribution in [3.8, 4) is 0 Å². The van der Waals surface area contributed by atoms with E-state index in [0.717, 1.165) is 35.9 Å². The zero-order valence-electron chi connectivity index (χ0n) is 14.2. The number of nitrogens with zero attached hydrogens (tertiary/aromatic N) is 2. The molecule has 4 nitrogen and oxygen atoms in total. The summed E-state index contributed by atoms with van der Waals surface area (Å²) in [7, 11) is 0. The van der Waals surface area contributed by atoms with Crippen LogP contribution in [0.3, 0.4) is 0 Å². The lowest BCUT2D eigenvalue weighted by molar-refractivity contribution is 0.142. The van der Waals surface area contributed by atoms with E-state index in [1.807, 2.05) is 28.8 Å². The quantitative estimate of drug-likeness (QED) is 0.636. The molecule has 0 saturated carbocycles. The Morgan fingerprint density at radius 1 is 1.08 bits per heavy atom. The molecule has 5 heteroatoms. The van der Waals surface area contributed by atoms with E-state index < -0.39 is 0 Å². The molecule has 2 aromatic carbocycles. The molecule has 1 aliphatic heterocycles. The van der Waals surface area contributed by atoms with Crippen LogP contribution in [0.1, 0.15) is 37.4 Å². The van der Waals surface area contributed by atoms with Gasteiger partial charge in [0.25, 0.3) is 0 Å². The normalized spacial score (nSPS) is 17.8. The molecule has 1 saturated heterocycles. The van der Waals surface area contributed by atoms with Crippen LogP contribution in [-0.2, 0) is 0 Å². The van der Waals surface area contributed by atoms with Gasteiger partial charge >= 0.3 is 5.76 Å². The summed E-state index contributed by atoms with van der Waals surface area (Å²) in [6, 6.07) is 16.8. The Hall–Kier alpha value is -1.85. The number of rotatable bonds is 3. The lowest BCUT2D eigenvalue weighted by Crippen LogP contribution is -2.38. The van der Waals surface area contributed by atoms with Crippen molar-refractivity contribution >= 4 is 27.0 Å². The second-order valence-electron chi connectivity index (χ2n) is 6.70. The second kappa shape index (κ2) is 6.81. The highest BCUT2D eigenvalue weighted by Crippen LogP contribution is 2.30. The van der Waals surface area contributed by atoms with Crippen LogP contribution in [-0.4, -0.2) is 22.6 Å². The summed E-state index contributed by atoms with van der Waals surface area (Å²) < 4.78 is 8.35. The van der Waals surface area contributed by atoms with Crippen LogP contribution in [0.5, 0.6) is 0 Å². The fraction of sp³-hybridized carbons (Fsp3) is 0.350. The van der Waals surface area contributed by atoms with Gasteiger partial charge in [-0.25, -0.2) is 4.79 Å². The number of para-hydroxylation sites is 2. The van der Waals surface area contributed by atoms with Crippen molar-refractivity contribution < 1.29 is 4.42 Å². The molecule has 3 aromatic rings. The van der Waals surface area contributed by atoms with Crippen LogP contribution in [0.15, 0.2) is 62.2 Å². The number of oxazole rings is 1. The maximum absolute atomic E-state index is 12.3. The molecule has 1 unspecified atom stereocenters. The summed E-state index contributed by atoms with van der Waals surface area (Å²) in [4.78, 5) is 14.8. The largest absolute Gasteiger partial charge is 0.420 e. The number of piperidine rings is 1. The third-order valence-corrected chi connectivity index (χ3v) is 5.81. The zero-order valence-corrected chi connectivity index (χ0v) is 15.8. The first kappa shape index (κ1) is 16.6. The number of benzene rings is 2. The highest BCUT2D eigenvalue weighted by atomic mass is 79.9. The Labute approximate surface area is 155 Å². The van der Waals surface area contributed by atoms with E-state index in [0.29, 0.717) is 11.6 Å². The van der Waals surface area contributed by atoms with Crippen molar-refractivity contribution in [1.29, 1.82) is 0 Å². The first-order valence-corrected chi connectivity index (χ1v) is 9.52. The number of aromatic nitrogens is 1. The van der Waals surface area contributed by atoms with E-state index in [1.54, 1.807) is 0 Å². The molecule has 1 aromatic heterocycles. The van der Waals surface area contributed by atoms with Crippen LogP contribution < -0.4 is 5.76 Å². The third-order valence-electron chi connectivity index (χ3n) is 5.28. The van der Waals surface area contributed by atoms with Crippen LogP contribution in [0.2, 0.25) is 0 Å². The molecule has 0 N–H and O–H groups in total. The topological polar surface area (TPSA) is 38.4 Å². The molecular formula is C20H21BrN2O2. The minimum Gasteiger partial charge on any atom is -0.408 e. The van der Waals surface area contributed by atoms with Crippen molar-refractivity contribution in [2.75, 3.05) is 13.1 Å². The summed E-state index contributed by atoms with van der Waals surface area (Å²) >= 11 is 3.49. The van der Waals surface area contributed by atoms with Gasteiger partial charge in [0.15, 0.2) is 5.58 Å². The predicted octanol–water partition coefficient (Wildman–Crippen LogP) is 4.76. The van der Waals surface area contributed by atoms with Gasteiger partial charge in [-0.15, -0.1) is 0 Å². The summed E-state index contributed by atoms with van der Waals surface area (Å²) in [6.45, 7) is 4.21. The summed E-state index contributed by atoms with van der Waals surface area (Å²) in [6.07, 6.45) is 1.93. The van der Waals surface area contributed by atoms with E-state index >= 15 is 0 Å². The van der Waals surface area contributed by atoms with Gasteiger partial charge in [-0.3, -0.25) is 9.47 Å². The van der Waals surface area contributed by atoms with Gasteiger partial charge < -0.3 is 4.42 Å². The first-order valence-electron chi connectivity index (χ1n) is 8.73.